The summed E-state index contributed by atoms with van der Waals surface area (Å²) >= 11 is 0. The number of carbonyl (C=O) groups excluding carboxylic acids is 1. The largest absolute Gasteiger partial charge is 0.392 e. The molecule has 0 bridgehead atoms. The Balaban J connectivity index is 0.000000217. The van der Waals surface area contributed by atoms with Gasteiger partial charge in [0, 0.05) is 23.1 Å². The second kappa shape index (κ2) is 11.8. The van der Waals surface area contributed by atoms with E-state index in [0.29, 0.717) is 16.6 Å². The lowest BCUT2D eigenvalue weighted by Gasteiger charge is -2.20. The summed E-state index contributed by atoms with van der Waals surface area (Å²) in [7, 11) is -0.465. The molecule has 5 nitrogen and oxygen atoms in total. The van der Waals surface area contributed by atoms with Crippen molar-refractivity contribution < 1.29 is 28.2 Å². The highest BCUT2D eigenvalue weighted by atomic mass is 31.1. The number of hydrogen-bond acceptors (Lipinski definition) is 3. The van der Waals surface area contributed by atoms with E-state index >= 15 is 0 Å². The average molecular weight is 454 g/mol. The van der Waals surface area contributed by atoms with Crippen molar-refractivity contribution >= 4 is 24.7 Å². The topological polar surface area (TPSA) is 99.3 Å². The second-order valence-electron chi connectivity index (χ2n) is 7.21. The van der Waals surface area contributed by atoms with Gasteiger partial charge in [-0.25, -0.2) is 13.2 Å². The minimum absolute atomic E-state index is 0.119. The predicted molar refractivity (Wildman–Crippen MR) is 117 cm³/mol. The fraction of sp³-hybridized carbons (Fsp3) is 0.318. The first-order chi connectivity index (χ1) is 14.7. The fourth-order valence-corrected chi connectivity index (χ4v) is 2.78. The zero-order chi connectivity index (χ0) is 23.0. The molecule has 1 aliphatic rings. The molecule has 0 saturated heterocycles. The highest BCUT2D eigenvalue weighted by Gasteiger charge is 2.21. The molecule has 168 valence electrons. The molecule has 4 rings (SSSR count). The summed E-state index contributed by atoms with van der Waals surface area (Å²) in [5.41, 5.74) is 6.54. The third kappa shape index (κ3) is 7.35. The Labute approximate surface area is 179 Å². The number of halogens is 3. The van der Waals surface area contributed by atoms with Crippen LogP contribution in [0.3, 0.4) is 0 Å². The first kappa shape index (κ1) is 24.9. The number of amides is 1. The molecule has 0 aliphatic heterocycles. The van der Waals surface area contributed by atoms with Gasteiger partial charge in [0.05, 0.1) is 18.2 Å². The lowest BCUT2D eigenvalue weighted by molar-refractivity contribution is -0.124. The Hall–Kier alpha value is -2.41. The molecule has 0 radical (unpaired) electrons. The van der Waals surface area contributed by atoms with E-state index in [1.54, 1.807) is 18.2 Å². The third-order valence-electron chi connectivity index (χ3n) is 4.79. The molecule has 1 amide bonds. The Morgan fingerprint density at radius 1 is 1.06 bits per heavy atom. The van der Waals surface area contributed by atoms with Gasteiger partial charge in [-0.1, -0.05) is 14.3 Å². The first-order valence-corrected chi connectivity index (χ1v) is 11.8. The number of fused-ring (bicyclic) bond motifs is 1. The van der Waals surface area contributed by atoms with Gasteiger partial charge in [-0.15, -0.1) is 0 Å². The maximum Gasteiger partial charge on any atom is 0.220 e. The highest BCUT2D eigenvalue weighted by molar-refractivity contribution is 7.56. The lowest BCUT2D eigenvalue weighted by atomic mass is 9.85. The number of hydrogen-bond donors (Lipinski definition) is 4. The van der Waals surface area contributed by atoms with E-state index in [4.69, 9.17) is 15.9 Å². The minimum Gasteiger partial charge on any atom is -0.392 e. The first-order valence-electron chi connectivity index (χ1n) is 9.68. The molecular weight excluding hydrogens is 428 g/mol. The molecule has 31 heavy (non-hydrogen) atoms. The quantitative estimate of drug-likeness (QED) is 0.436. The number of aliphatic hydroxyl groups excluding tert-OH is 2. The summed E-state index contributed by atoms with van der Waals surface area (Å²) in [6.45, 7) is 1.84. The van der Waals surface area contributed by atoms with E-state index in [0.717, 1.165) is 18.9 Å². The van der Waals surface area contributed by atoms with Gasteiger partial charge in [0.15, 0.2) is 0 Å². The molecule has 5 N–H and O–H groups in total. The zero-order valence-electron chi connectivity index (χ0n) is 17.1. The molecule has 9 heteroatoms. The second-order valence-corrected chi connectivity index (χ2v) is 9.49. The Bertz CT molecular complexity index is 988. The molecule has 0 unspecified atom stereocenters. The number of H-pyrrole nitrogens is 1. The van der Waals surface area contributed by atoms with Gasteiger partial charge in [0.2, 0.25) is 5.91 Å². The maximum absolute atomic E-state index is 13.5. The van der Waals surface area contributed by atoms with Crippen molar-refractivity contribution in [2.45, 2.75) is 19.3 Å². The summed E-state index contributed by atoms with van der Waals surface area (Å²) in [5, 5.41) is 16.9. The van der Waals surface area contributed by atoms with Gasteiger partial charge in [0.1, 0.15) is 17.5 Å². The molecule has 0 spiro atoms. The summed E-state index contributed by atoms with van der Waals surface area (Å²) in [4.78, 5) is 13.1. The van der Waals surface area contributed by atoms with Crippen LogP contribution in [0, 0.1) is 23.4 Å². The number of benzene rings is 2. The van der Waals surface area contributed by atoms with Gasteiger partial charge < -0.3 is 20.9 Å². The molecule has 3 aromatic rings. The lowest BCUT2D eigenvalue weighted by Crippen LogP contribution is -2.28. The van der Waals surface area contributed by atoms with Crippen LogP contribution >= 0.6 is 7.92 Å². The number of rotatable bonds is 4. The van der Waals surface area contributed by atoms with E-state index < -0.39 is 19.6 Å². The van der Waals surface area contributed by atoms with Crippen molar-refractivity contribution in [1.29, 1.82) is 0 Å². The molecule has 1 aliphatic carbocycles. The van der Waals surface area contributed by atoms with E-state index in [9.17, 15) is 18.0 Å². The van der Waals surface area contributed by atoms with Gasteiger partial charge in [0.25, 0.3) is 0 Å². The molecule has 1 aromatic heterocycles. The summed E-state index contributed by atoms with van der Waals surface area (Å²) in [6, 6.07) is 9.50. The summed E-state index contributed by atoms with van der Waals surface area (Å²) in [6.07, 6.45) is 3.52. The molecule has 1 fully saturated rings. The molecule has 1 heterocycles. The number of primary amides is 1. The number of carbonyl (C=O) groups is 1. The number of aromatic nitrogens is 1. The van der Waals surface area contributed by atoms with Gasteiger partial charge in [-0.2, -0.15) is 0 Å². The molecular formula is C22H26F3N2O3P. The fourth-order valence-electron chi connectivity index (χ4n) is 2.69. The summed E-state index contributed by atoms with van der Waals surface area (Å²) in [5.74, 6) is -1.50. The van der Waals surface area contributed by atoms with Crippen LogP contribution in [0.1, 0.15) is 19.3 Å². The molecule has 1 saturated carbocycles. The third-order valence-corrected chi connectivity index (χ3v) is 5.76. The van der Waals surface area contributed by atoms with Crippen molar-refractivity contribution in [3.05, 3.63) is 59.9 Å². The van der Waals surface area contributed by atoms with Crippen LogP contribution in [0.4, 0.5) is 13.2 Å². The van der Waals surface area contributed by atoms with Crippen LogP contribution in [0.25, 0.3) is 22.2 Å². The standard InChI is InChI=1S/C14H8F3N.C5H9NO.C3H9O2P/c15-10-3-1-8(2-4-10)13-6-9-5-11(16)7-12(17)14(9)18-13;6-5(7)4-2-1-3-4;1-6(2-4)3-5/h1-7,18H;4H,1-3H2,(H2,6,7);4-5H,2-3H2,1H3. The van der Waals surface area contributed by atoms with Crippen LogP contribution in [0.15, 0.2) is 42.5 Å². The van der Waals surface area contributed by atoms with Crippen LogP contribution < -0.4 is 5.73 Å². The highest BCUT2D eigenvalue weighted by Crippen LogP contribution is 2.27. The van der Waals surface area contributed by atoms with Crippen LogP contribution in [0.2, 0.25) is 0 Å². The summed E-state index contributed by atoms with van der Waals surface area (Å²) < 4.78 is 39.4. The van der Waals surface area contributed by atoms with Crippen molar-refractivity contribution in [2.24, 2.45) is 11.7 Å². The van der Waals surface area contributed by atoms with Crippen molar-refractivity contribution in [3.63, 3.8) is 0 Å². The van der Waals surface area contributed by atoms with E-state index in [-0.39, 0.29) is 35.9 Å². The van der Waals surface area contributed by atoms with E-state index in [1.165, 1.54) is 24.6 Å². The van der Waals surface area contributed by atoms with E-state index in [2.05, 4.69) is 4.98 Å². The molecule has 2 aromatic carbocycles. The predicted octanol–water partition coefficient (Wildman–Crippen LogP) is 4.52. The number of aliphatic hydroxyl groups is 2. The van der Waals surface area contributed by atoms with Crippen molar-refractivity contribution in [2.75, 3.05) is 19.4 Å². The van der Waals surface area contributed by atoms with Crippen molar-refractivity contribution in [1.82, 2.24) is 4.98 Å². The number of nitrogens with two attached hydrogens (primary N) is 1. The average Bonchev–Trinajstić information content (AvgIpc) is 3.11. The van der Waals surface area contributed by atoms with Gasteiger partial charge >= 0.3 is 0 Å². The number of aromatic amines is 1. The van der Waals surface area contributed by atoms with Crippen LogP contribution in [-0.2, 0) is 4.79 Å². The van der Waals surface area contributed by atoms with Gasteiger partial charge in [-0.05, 0) is 61.5 Å². The Morgan fingerprint density at radius 2 is 1.68 bits per heavy atom. The van der Waals surface area contributed by atoms with Crippen LogP contribution in [-0.4, -0.2) is 40.5 Å². The zero-order valence-corrected chi connectivity index (χ0v) is 18.0. The van der Waals surface area contributed by atoms with E-state index in [1.807, 2.05) is 6.66 Å². The Morgan fingerprint density at radius 3 is 2.10 bits per heavy atom. The maximum atomic E-state index is 13.5. The van der Waals surface area contributed by atoms with Gasteiger partial charge in [-0.3, -0.25) is 4.79 Å². The smallest absolute Gasteiger partial charge is 0.220 e. The minimum atomic E-state index is -0.640. The molecule has 0 atom stereocenters. The number of nitrogens with one attached hydrogen (secondary N) is 1. The normalized spacial score (nSPS) is 13.1. The van der Waals surface area contributed by atoms with Crippen LogP contribution in [0.5, 0.6) is 0 Å². The monoisotopic (exact) mass is 454 g/mol. The Kier molecular flexibility index (Phi) is 9.49. The van der Waals surface area contributed by atoms with Crippen molar-refractivity contribution in [3.8, 4) is 11.3 Å². The SMILES string of the molecule is CP(CO)CO.Fc1ccc(-c2cc3cc(F)cc(F)c3[nH]2)cc1.NC(=O)C1CCC1.